The smallest absolute Gasteiger partial charge is 0.325 e. The molecule has 0 bridgehead atoms. The maximum atomic E-state index is 12.9. The summed E-state index contributed by atoms with van der Waals surface area (Å²) >= 11 is 0. The van der Waals surface area contributed by atoms with E-state index in [0.717, 1.165) is 0 Å². The molecule has 0 atom stereocenters. The fourth-order valence-corrected chi connectivity index (χ4v) is 5.06. The largest absolute Gasteiger partial charge is 0.326 e. The maximum absolute atomic E-state index is 12.9. The molecular formula is C18H24N4O5S. The van der Waals surface area contributed by atoms with Crippen LogP contribution in [0.2, 0.25) is 0 Å². The third-order valence-electron chi connectivity index (χ3n) is 5.10. The number of carbonyl (C=O) groups excluding carboxylic acids is 3. The summed E-state index contributed by atoms with van der Waals surface area (Å²) in [4.78, 5) is 37.3. The van der Waals surface area contributed by atoms with Crippen LogP contribution < -0.4 is 10.6 Å². The van der Waals surface area contributed by atoms with Crippen molar-refractivity contribution in [2.75, 3.05) is 18.4 Å². The van der Waals surface area contributed by atoms with Crippen molar-refractivity contribution >= 4 is 33.6 Å². The van der Waals surface area contributed by atoms with E-state index in [9.17, 15) is 22.8 Å². The van der Waals surface area contributed by atoms with Crippen molar-refractivity contribution in [3.8, 4) is 0 Å². The molecule has 0 saturated carbocycles. The highest BCUT2D eigenvalue weighted by Gasteiger charge is 2.53. The number of carbonyl (C=O) groups is 3. The molecule has 1 aromatic carbocycles. The van der Waals surface area contributed by atoms with Gasteiger partial charge < -0.3 is 10.6 Å². The molecule has 3 rings (SSSR count). The molecule has 0 radical (unpaired) electrons. The molecular weight excluding hydrogens is 384 g/mol. The number of amides is 4. The third-order valence-corrected chi connectivity index (χ3v) is 7.01. The van der Waals surface area contributed by atoms with Gasteiger partial charge in [-0.15, -0.1) is 0 Å². The summed E-state index contributed by atoms with van der Waals surface area (Å²) in [5.74, 6) is -0.528. The van der Waals surface area contributed by atoms with E-state index >= 15 is 0 Å². The molecule has 2 aliphatic rings. The number of imide groups is 1. The zero-order valence-corrected chi connectivity index (χ0v) is 16.9. The molecule has 28 heavy (non-hydrogen) atoms. The Morgan fingerprint density at radius 1 is 1.14 bits per heavy atom. The highest BCUT2D eigenvalue weighted by molar-refractivity contribution is 7.89. The first kappa shape index (κ1) is 20.3. The van der Waals surface area contributed by atoms with Gasteiger partial charge in [0, 0.05) is 31.7 Å². The van der Waals surface area contributed by atoms with Crippen molar-refractivity contribution in [1.29, 1.82) is 0 Å². The summed E-state index contributed by atoms with van der Waals surface area (Å²) < 4.78 is 27.1. The Morgan fingerprint density at radius 3 is 2.18 bits per heavy atom. The van der Waals surface area contributed by atoms with E-state index in [1.54, 1.807) is 13.8 Å². The number of piperidine rings is 1. The van der Waals surface area contributed by atoms with Crippen LogP contribution in [0.25, 0.3) is 0 Å². The summed E-state index contributed by atoms with van der Waals surface area (Å²) in [6.45, 7) is 5.17. The van der Waals surface area contributed by atoms with Crippen LogP contribution in [0.3, 0.4) is 0 Å². The zero-order valence-electron chi connectivity index (χ0n) is 16.1. The molecule has 2 fully saturated rings. The zero-order chi connectivity index (χ0) is 20.7. The molecule has 4 amide bonds. The molecule has 152 valence electrons. The van der Waals surface area contributed by atoms with Gasteiger partial charge in [0.1, 0.15) is 5.54 Å². The predicted molar refractivity (Wildman–Crippen MR) is 102 cm³/mol. The number of rotatable bonds is 4. The third kappa shape index (κ3) is 3.49. The van der Waals surface area contributed by atoms with Gasteiger partial charge in [-0.1, -0.05) is 0 Å². The van der Waals surface area contributed by atoms with E-state index < -0.39 is 21.6 Å². The molecule has 2 N–H and O–H groups in total. The Bertz CT molecular complexity index is 902. The summed E-state index contributed by atoms with van der Waals surface area (Å²) in [6, 6.07) is 5.25. The van der Waals surface area contributed by atoms with E-state index in [0.29, 0.717) is 5.69 Å². The fourth-order valence-electron chi connectivity index (χ4n) is 3.62. The van der Waals surface area contributed by atoms with Gasteiger partial charge in [0.05, 0.1) is 4.90 Å². The van der Waals surface area contributed by atoms with E-state index in [-0.39, 0.29) is 48.7 Å². The van der Waals surface area contributed by atoms with Crippen molar-refractivity contribution in [3.05, 3.63) is 24.3 Å². The van der Waals surface area contributed by atoms with E-state index in [1.807, 2.05) is 0 Å². The van der Waals surface area contributed by atoms with Gasteiger partial charge in [-0.05, 0) is 51.0 Å². The average molecular weight is 408 g/mol. The van der Waals surface area contributed by atoms with Crippen LogP contribution in [0.5, 0.6) is 0 Å². The molecule has 0 unspecified atom stereocenters. The van der Waals surface area contributed by atoms with Crippen molar-refractivity contribution in [1.82, 2.24) is 14.5 Å². The van der Waals surface area contributed by atoms with Gasteiger partial charge in [0.15, 0.2) is 0 Å². The van der Waals surface area contributed by atoms with Crippen molar-refractivity contribution in [2.24, 2.45) is 0 Å². The van der Waals surface area contributed by atoms with Crippen LogP contribution in [0.1, 0.15) is 33.6 Å². The Kier molecular flexibility index (Phi) is 5.20. The fraction of sp³-hybridized carbons (Fsp3) is 0.500. The lowest BCUT2D eigenvalue weighted by Gasteiger charge is -2.36. The molecule has 9 nitrogen and oxygen atoms in total. The molecule has 1 aromatic rings. The lowest BCUT2D eigenvalue weighted by Crippen LogP contribution is -2.56. The van der Waals surface area contributed by atoms with Crippen LogP contribution >= 0.6 is 0 Å². The number of nitrogens with zero attached hydrogens (tertiary/aromatic N) is 2. The Labute approximate surface area is 164 Å². The monoisotopic (exact) mass is 408 g/mol. The summed E-state index contributed by atoms with van der Waals surface area (Å²) in [5, 5.41) is 5.35. The topological polar surface area (TPSA) is 116 Å². The SMILES string of the molecule is CC(=O)Nc1ccc(S(=O)(=O)N2CCC3(CC2)NC(=O)N(C(C)C)C3=O)cc1. The second-order valence-corrected chi connectivity index (χ2v) is 9.33. The summed E-state index contributed by atoms with van der Waals surface area (Å²) in [6.07, 6.45) is 0.452. The van der Waals surface area contributed by atoms with Crippen LogP contribution in [-0.4, -0.2) is 60.1 Å². The normalized spacial score (nSPS) is 19.9. The number of nitrogens with one attached hydrogen (secondary N) is 2. The minimum atomic E-state index is -3.73. The second kappa shape index (κ2) is 7.17. The predicted octanol–water partition coefficient (Wildman–Crippen LogP) is 1.13. The van der Waals surface area contributed by atoms with E-state index in [4.69, 9.17) is 0 Å². The first-order valence-electron chi connectivity index (χ1n) is 9.10. The minimum Gasteiger partial charge on any atom is -0.326 e. The quantitative estimate of drug-likeness (QED) is 0.725. The van der Waals surface area contributed by atoms with Gasteiger partial charge in [0.25, 0.3) is 5.91 Å². The Balaban J connectivity index is 1.73. The van der Waals surface area contributed by atoms with Gasteiger partial charge in [-0.25, -0.2) is 13.2 Å². The minimum absolute atomic E-state index is 0.114. The van der Waals surface area contributed by atoms with Gasteiger partial charge in [0.2, 0.25) is 15.9 Å². The molecule has 1 spiro atoms. The Morgan fingerprint density at radius 2 is 1.71 bits per heavy atom. The van der Waals surface area contributed by atoms with Crippen molar-refractivity contribution < 1.29 is 22.8 Å². The number of urea groups is 1. The van der Waals surface area contributed by atoms with E-state index in [1.165, 1.54) is 40.4 Å². The average Bonchev–Trinajstić information content (AvgIpc) is 2.85. The highest BCUT2D eigenvalue weighted by atomic mass is 32.2. The highest BCUT2D eigenvalue weighted by Crippen LogP contribution is 2.32. The first-order valence-corrected chi connectivity index (χ1v) is 10.5. The lowest BCUT2D eigenvalue weighted by molar-refractivity contribution is -0.133. The van der Waals surface area contributed by atoms with Crippen LogP contribution in [0.4, 0.5) is 10.5 Å². The Hall–Kier alpha value is -2.46. The lowest BCUT2D eigenvalue weighted by atomic mass is 9.88. The number of anilines is 1. The molecule has 0 aromatic heterocycles. The van der Waals surface area contributed by atoms with Gasteiger partial charge in [-0.3, -0.25) is 14.5 Å². The number of benzene rings is 1. The molecule has 2 aliphatic heterocycles. The second-order valence-electron chi connectivity index (χ2n) is 7.39. The number of hydrogen-bond donors (Lipinski definition) is 2. The number of sulfonamides is 1. The van der Waals surface area contributed by atoms with Crippen molar-refractivity contribution in [3.63, 3.8) is 0 Å². The standard InChI is InChI=1S/C18H24N4O5S/c1-12(2)22-16(24)18(20-17(22)25)8-10-21(11-9-18)28(26,27)15-6-4-14(5-7-15)19-13(3)23/h4-7,12H,8-11H2,1-3H3,(H,19,23)(H,20,25). The summed E-state index contributed by atoms with van der Waals surface area (Å²) in [5.41, 5.74) is -0.514. The first-order chi connectivity index (χ1) is 13.1. The maximum Gasteiger partial charge on any atom is 0.325 e. The summed E-state index contributed by atoms with van der Waals surface area (Å²) in [7, 11) is -3.73. The molecule has 0 aliphatic carbocycles. The van der Waals surface area contributed by atoms with Crippen LogP contribution in [-0.2, 0) is 19.6 Å². The van der Waals surface area contributed by atoms with Gasteiger partial charge >= 0.3 is 6.03 Å². The molecule has 10 heteroatoms. The van der Waals surface area contributed by atoms with Crippen molar-refractivity contribution in [2.45, 2.75) is 50.1 Å². The molecule has 2 saturated heterocycles. The van der Waals surface area contributed by atoms with Gasteiger partial charge in [-0.2, -0.15) is 4.31 Å². The molecule has 2 heterocycles. The van der Waals surface area contributed by atoms with Crippen LogP contribution in [0, 0.1) is 0 Å². The van der Waals surface area contributed by atoms with E-state index in [2.05, 4.69) is 10.6 Å². The number of hydrogen-bond acceptors (Lipinski definition) is 5. The van der Waals surface area contributed by atoms with Crippen LogP contribution in [0.15, 0.2) is 29.2 Å².